The van der Waals surface area contributed by atoms with Crippen molar-refractivity contribution in [3.63, 3.8) is 0 Å². The van der Waals surface area contributed by atoms with Gasteiger partial charge >= 0.3 is 0 Å². The summed E-state index contributed by atoms with van der Waals surface area (Å²) in [7, 11) is 0. The van der Waals surface area contributed by atoms with Gasteiger partial charge in [0.2, 0.25) is 5.91 Å². The highest BCUT2D eigenvalue weighted by atomic mass is 16.2. The molecule has 0 aliphatic heterocycles. The van der Waals surface area contributed by atoms with Crippen LogP contribution in [0.2, 0.25) is 0 Å². The number of hydrogen-bond acceptors (Lipinski definition) is 4. The number of rotatable bonds is 9. The van der Waals surface area contributed by atoms with E-state index in [1.165, 1.54) is 0 Å². The summed E-state index contributed by atoms with van der Waals surface area (Å²) in [6.07, 6.45) is 0. The quantitative estimate of drug-likeness (QED) is 0.379. The first-order valence-electron chi connectivity index (χ1n) is 10.4. The third kappa shape index (κ3) is 7.32. The number of carbonyl (C=O) groups excluding carboxylic acids is 4. The molecule has 0 fully saturated rings. The van der Waals surface area contributed by atoms with Gasteiger partial charge in [-0.1, -0.05) is 36.4 Å². The van der Waals surface area contributed by atoms with E-state index < -0.39 is 0 Å². The van der Waals surface area contributed by atoms with Crippen molar-refractivity contribution in [1.82, 2.24) is 16.0 Å². The molecule has 0 heterocycles. The Labute approximate surface area is 191 Å². The molecule has 0 atom stereocenters. The second kappa shape index (κ2) is 11.8. The lowest BCUT2D eigenvalue weighted by molar-refractivity contribution is -0.115. The Bertz CT molecular complexity index is 1100. The van der Waals surface area contributed by atoms with Crippen LogP contribution in [0.4, 0.5) is 5.69 Å². The van der Waals surface area contributed by atoms with Gasteiger partial charge < -0.3 is 21.3 Å². The zero-order chi connectivity index (χ0) is 23.5. The number of anilines is 1. The van der Waals surface area contributed by atoms with Gasteiger partial charge in [0.25, 0.3) is 17.7 Å². The van der Waals surface area contributed by atoms with Crippen LogP contribution in [-0.4, -0.2) is 43.3 Å². The lowest BCUT2D eigenvalue weighted by Gasteiger charge is -2.09. The van der Waals surface area contributed by atoms with E-state index in [4.69, 9.17) is 0 Å². The molecule has 0 aliphatic carbocycles. The highest BCUT2D eigenvalue weighted by molar-refractivity contribution is 6.00. The number of benzene rings is 3. The van der Waals surface area contributed by atoms with Crippen molar-refractivity contribution in [2.75, 3.05) is 25.0 Å². The van der Waals surface area contributed by atoms with E-state index in [1.807, 2.05) is 6.07 Å². The fourth-order valence-corrected chi connectivity index (χ4v) is 2.91. The summed E-state index contributed by atoms with van der Waals surface area (Å²) in [6, 6.07) is 23.8. The minimum Gasteiger partial charge on any atom is -0.350 e. The average Bonchev–Trinajstić information content (AvgIpc) is 2.86. The van der Waals surface area contributed by atoms with Crippen molar-refractivity contribution in [3.8, 4) is 0 Å². The molecular formula is C25H24N4O4. The normalized spacial score (nSPS) is 10.1. The highest BCUT2D eigenvalue weighted by Crippen LogP contribution is 2.09. The fourth-order valence-electron chi connectivity index (χ4n) is 2.91. The molecule has 3 aromatic carbocycles. The number of nitrogens with one attached hydrogen (secondary N) is 4. The van der Waals surface area contributed by atoms with E-state index in [9.17, 15) is 19.2 Å². The SMILES string of the molecule is O=C(CNC(=O)c1ccccc1)Nc1ccc(C(=O)NCCNC(=O)c2ccccc2)cc1. The standard InChI is InChI=1S/C25H24N4O4/c30-22(17-28-25(33)19-9-5-2-6-10-19)29-21-13-11-20(12-14-21)24(32)27-16-15-26-23(31)18-7-3-1-4-8-18/h1-14H,15-17H2,(H,26,31)(H,27,32)(H,28,33)(H,29,30). The molecule has 4 N–H and O–H groups in total. The van der Waals surface area contributed by atoms with Gasteiger partial charge in [-0.25, -0.2) is 0 Å². The van der Waals surface area contributed by atoms with Crippen molar-refractivity contribution in [3.05, 3.63) is 102 Å². The first kappa shape index (κ1) is 23.2. The van der Waals surface area contributed by atoms with Gasteiger partial charge in [-0.2, -0.15) is 0 Å². The third-order valence-electron chi connectivity index (χ3n) is 4.61. The van der Waals surface area contributed by atoms with Gasteiger partial charge in [0, 0.05) is 35.5 Å². The summed E-state index contributed by atoms with van der Waals surface area (Å²) in [5.74, 6) is -1.22. The van der Waals surface area contributed by atoms with E-state index >= 15 is 0 Å². The van der Waals surface area contributed by atoms with E-state index in [2.05, 4.69) is 21.3 Å². The minimum absolute atomic E-state index is 0.176. The Morgan fingerprint density at radius 3 is 1.42 bits per heavy atom. The van der Waals surface area contributed by atoms with Crippen molar-refractivity contribution in [2.45, 2.75) is 0 Å². The maximum atomic E-state index is 12.2. The Balaban J connectivity index is 1.38. The van der Waals surface area contributed by atoms with Crippen LogP contribution in [0.3, 0.4) is 0 Å². The molecular weight excluding hydrogens is 420 g/mol. The van der Waals surface area contributed by atoms with Crippen molar-refractivity contribution in [2.24, 2.45) is 0 Å². The Morgan fingerprint density at radius 2 is 0.939 bits per heavy atom. The van der Waals surface area contributed by atoms with Crippen LogP contribution >= 0.6 is 0 Å². The third-order valence-corrected chi connectivity index (χ3v) is 4.61. The molecule has 0 radical (unpaired) electrons. The van der Waals surface area contributed by atoms with Crippen LogP contribution in [0, 0.1) is 0 Å². The Morgan fingerprint density at radius 1 is 0.515 bits per heavy atom. The summed E-state index contributed by atoms with van der Waals surface area (Å²) < 4.78 is 0. The topological polar surface area (TPSA) is 116 Å². The van der Waals surface area contributed by atoms with E-state index in [1.54, 1.807) is 78.9 Å². The van der Waals surface area contributed by atoms with Crippen LogP contribution in [0.5, 0.6) is 0 Å². The van der Waals surface area contributed by atoms with E-state index in [0.717, 1.165) is 0 Å². The number of amides is 4. The zero-order valence-electron chi connectivity index (χ0n) is 17.8. The molecule has 8 nitrogen and oxygen atoms in total. The molecule has 3 aromatic rings. The first-order chi connectivity index (χ1) is 16.0. The molecule has 0 unspecified atom stereocenters. The van der Waals surface area contributed by atoms with Crippen LogP contribution in [0.1, 0.15) is 31.1 Å². The van der Waals surface area contributed by atoms with Crippen LogP contribution in [0.15, 0.2) is 84.9 Å². The van der Waals surface area contributed by atoms with Crippen molar-refractivity contribution in [1.29, 1.82) is 0 Å². The molecule has 0 saturated carbocycles. The molecule has 8 heteroatoms. The van der Waals surface area contributed by atoms with Gasteiger partial charge in [0.1, 0.15) is 0 Å². The number of carbonyl (C=O) groups is 4. The number of hydrogen-bond donors (Lipinski definition) is 4. The van der Waals surface area contributed by atoms with Gasteiger partial charge in [0.15, 0.2) is 0 Å². The van der Waals surface area contributed by atoms with Gasteiger partial charge in [-0.3, -0.25) is 19.2 Å². The lowest BCUT2D eigenvalue weighted by atomic mass is 10.2. The molecule has 0 aromatic heterocycles. The highest BCUT2D eigenvalue weighted by Gasteiger charge is 2.09. The van der Waals surface area contributed by atoms with E-state index in [-0.39, 0.29) is 36.7 Å². The summed E-state index contributed by atoms with van der Waals surface area (Å²) in [6.45, 7) is 0.393. The predicted octanol–water partition coefficient (Wildman–Crippen LogP) is 2.21. The molecule has 3 rings (SSSR count). The first-order valence-corrected chi connectivity index (χ1v) is 10.4. The summed E-state index contributed by atoms with van der Waals surface area (Å²) in [4.78, 5) is 48.2. The molecule has 0 saturated heterocycles. The molecule has 4 amide bonds. The van der Waals surface area contributed by atoms with Crippen molar-refractivity contribution < 1.29 is 19.2 Å². The second-order valence-corrected chi connectivity index (χ2v) is 7.05. The largest absolute Gasteiger partial charge is 0.350 e. The molecule has 0 aliphatic rings. The van der Waals surface area contributed by atoms with E-state index in [0.29, 0.717) is 28.9 Å². The summed E-state index contributed by atoms with van der Waals surface area (Å²) >= 11 is 0. The second-order valence-electron chi connectivity index (χ2n) is 7.05. The smallest absolute Gasteiger partial charge is 0.251 e. The summed E-state index contributed by atoms with van der Waals surface area (Å²) in [5.41, 5.74) is 1.95. The van der Waals surface area contributed by atoms with Crippen LogP contribution in [0.25, 0.3) is 0 Å². The minimum atomic E-state index is -0.384. The summed E-state index contributed by atoms with van der Waals surface area (Å²) in [5, 5.41) is 10.7. The maximum absolute atomic E-state index is 12.2. The lowest BCUT2D eigenvalue weighted by Crippen LogP contribution is -2.34. The fraction of sp³-hybridized carbons (Fsp3) is 0.120. The monoisotopic (exact) mass is 444 g/mol. The van der Waals surface area contributed by atoms with Crippen molar-refractivity contribution >= 4 is 29.3 Å². The molecule has 0 spiro atoms. The maximum Gasteiger partial charge on any atom is 0.251 e. The van der Waals surface area contributed by atoms with Gasteiger partial charge in [0.05, 0.1) is 6.54 Å². The van der Waals surface area contributed by atoms with Gasteiger partial charge in [-0.15, -0.1) is 0 Å². The van der Waals surface area contributed by atoms with Crippen LogP contribution in [-0.2, 0) is 4.79 Å². The van der Waals surface area contributed by atoms with Crippen LogP contribution < -0.4 is 21.3 Å². The molecule has 33 heavy (non-hydrogen) atoms. The predicted molar refractivity (Wildman–Crippen MR) is 125 cm³/mol. The Hall–Kier alpha value is -4.46. The Kier molecular flexibility index (Phi) is 8.30. The average molecular weight is 444 g/mol. The molecule has 168 valence electrons. The zero-order valence-corrected chi connectivity index (χ0v) is 17.8. The molecule has 0 bridgehead atoms. The van der Waals surface area contributed by atoms with Gasteiger partial charge in [-0.05, 0) is 48.5 Å².